The lowest BCUT2D eigenvalue weighted by Gasteiger charge is -2.26. The number of ether oxygens (including phenoxy) is 1. The molecule has 0 N–H and O–H groups in total. The molecular formula is C18H25ClFN3O4S. The molecule has 7 nitrogen and oxygen atoms in total. The minimum absolute atomic E-state index is 0.0185. The molecule has 0 unspecified atom stereocenters. The first-order chi connectivity index (χ1) is 13.3. The fraction of sp³-hybridized carbons (Fsp3) is 0.611. The van der Waals surface area contributed by atoms with E-state index in [0.29, 0.717) is 45.8 Å². The molecular weight excluding hydrogens is 409 g/mol. The highest BCUT2D eigenvalue weighted by atomic mass is 35.5. The van der Waals surface area contributed by atoms with E-state index in [4.69, 9.17) is 16.3 Å². The van der Waals surface area contributed by atoms with Crippen LogP contribution in [0.3, 0.4) is 0 Å². The Morgan fingerprint density at radius 1 is 1.21 bits per heavy atom. The number of hydrogen-bond donors (Lipinski definition) is 0. The van der Waals surface area contributed by atoms with Crippen LogP contribution in [-0.2, 0) is 19.6 Å². The molecule has 1 atom stereocenters. The van der Waals surface area contributed by atoms with Crippen molar-refractivity contribution >= 4 is 27.5 Å². The molecule has 2 aliphatic rings. The molecule has 0 aliphatic carbocycles. The van der Waals surface area contributed by atoms with Crippen molar-refractivity contribution < 1.29 is 22.3 Å². The normalized spacial score (nSPS) is 22.6. The number of halogens is 2. The molecule has 2 saturated heterocycles. The summed E-state index contributed by atoms with van der Waals surface area (Å²) in [6.45, 7) is 3.53. The average Bonchev–Trinajstić information content (AvgIpc) is 2.87. The number of carbonyl (C=O) groups excluding carboxylic acids is 1. The molecule has 0 aromatic heterocycles. The monoisotopic (exact) mass is 433 g/mol. The summed E-state index contributed by atoms with van der Waals surface area (Å²) in [7, 11) is -2.16. The zero-order chi connectivity index (χ0) is 20.3. The van der Waals surface area contributed by atoms with E-state index in [1.54, 1.807) is 12.0 Å². The van der Waals surface area contributed by atoms with Gasteiger partial charge < -0.3 is 9.64 Å². The highest BCUT2D eigenvalue weighted by Gasteiger charge is 2.37. The van der Waals surface area contributed by atoms with Gasteiger partial charge in [-0.15, -0.1) is 0 Å². The SMILES string of the molecule is COCCN1CC[C@H](N2CCCN(S(=O)(=O)c3ccc(F)c(Cl)c3)CC2)C1=O. The first-order valence-electron chi connectivity index (χ1n) is 9.31. The van der Waals surface area contributed by atoms with Crippen LogP contribution < -0.4 is 0 Å². The van der Waals surface area contributed by atoms with Gasteiger partial charge in [0.15, 0.2) is 0 Å². The Morgan fingerprint density at radius 3 is 2.71 bits per heavy atom. The van der Waals surface area contributed by atoms with Gasteiger partial charge in [0.2, 0.25) is 15.9 Å². The van der Waals surface area contributed by atoms with Crippen LogP contribution in [0.5, 0.6) is 0 Å². The van der Waals surface area contributed by atoms with Gasteiger partial charge >= 0.3 is 0 Å². The van der Waals surface area contributed by atoms with E-state index in [2.05, 4.69) is 4.90 Å². The third-order valence-corrected chi connectivity index (χ3v) is 7.48. The predicted octanol–water partition coefficient (Wildman–Crippen LogP) is 1.42. The van der Waals surface area contributed by atoms with E-state index in [1.807, 2.05) is 0 Å². The third-order valence-electron chi connectivity index (χ3n) is 5.29. The summed E-state index contributed by atoms with van der Waals surface area (Å²) in [5.74, 6) is -0.570. The second kappa shape index (κ2) is 9.04. The van der Waals surface area contributed by atoms with E-state index < -0.39 is 15.8 Å². The van der Waals surface area contributed by atoms with E-state index in [9.17, 15) is 17.6 Å². The average molecular weight is 434 g/mol. The van der Waals surface area contributed by atoms with Gasteiger partial charge in [-0.05, 0) is 31.0 Å². The topological polar surface area (TPSA) is 70.2 Å². The van der Waals surface area contributed by atoms with Crippen molar-refractivity contribution in [3.05, 3.63) is 29.0 Å². The summed E-state index contributed by atoms with van der Waals surface area (Å²) in [5.41, 5.74) is 0. The van der Waals surface area contributed by atoms with E-state index in [0.717, 1.165) is 18.6 Å². The van der Waals surface area contributed by atoms with Crippen molar-refractivity contribution in [2.45, 2.75) is 23.8 Å². The van der Waals surface area contributed by atoms with Crippen molar-refractivity contribution in [3.63, 3.8) is 0 Å². The summed E-state index contributed by atoms with van der Waals surface area (Å²) in [6.07, 6.45) is 1.36. The van der Waals surface area contributed by atoms with Crippen LogP contribution in [0.1, 0.15) is 12.8 Å². The van der Waals surface area contributed by atoms with E-state index in [-0.39, 0.29) is 28.4 Å². The van der Waals surface area contributed by atoms with E-state index >= 15 is 0 Å². The van der Waals surface area contributed by atoms with E-state index in [1.165, 1.54) is 10.4 Å². The van der Waals surface area contributed by atoms with Crippen LogP contribution >= 0.6 is 11.6 Å². The van der Waals surface area contributed by atoms with Crippen LogP contribution in [0.2, 0.25) is 5.02 Å². The quantitative estimate of drug-likeness (QED) is 0.678. The van der Waals surface area contributed by atoms with Gasteiger partial charge in [-0.3, -0.25) is 9.69 Å². The molecule has 10 heteroatoms. The number of carbonyl (C=O) groups is 1. The zero-order valence-electron chi connectivity index (χ0n) is 15.8. The van der Waals surface area contributed by atoms with Gasteiger partial charge in [0.25, 0.3) is 0 Å². The number of benzene rings is 1. The van der Waals surface area contributed by atoms with Gasteiger partial charge in [-0.2, -0.15) is 4.31 Å². The van der Waals surface area contributed by atoms with Crippen LogP contribution in [0.25, 0.3) is 0 Å². The lowest BCUT2D eigenvalue weighted by molar-refractivity contribution is -0.132. The van der Waals surface area contributed by atoms with Gasteiger partial charge in [0.05, 0.1) is 22.6 Å². The highest BCUT2D eigenvalue weighted by molar-refractivity contribution is 7.89. The number of likely N-dealkylation sites (tertiary alicyclic amines) is 1. The molecule has 3 rings (SSSR count). The molecule has 1 amide bonds. The molecule has 0 spiro atoms. The maximum Gasteiger partial charge on any atom is 0.243 e. The highest BCUT2D eigenvalue weighted by Crippen LogP contribution is 2.24. The second-order valence-electron chi connectivity index (χ2n) is 6.99. The number of amides is 1. The van der Waals surface area contributed by atoms with Gasteiger partial charge in [0.1, 0.15) is 5.82 Å². The van der Waals surface area contributed by atoms with Crippen molar-refractivity contribution in [1.29, 1.82) is 0 Å². The van der Waals surface area contributed by atoms with Crippen molar-refractivity contribution in [3.8, 4) is 0 Å². The minimum Gasteiger partial charge on any atom is -0.383 e. The molecule has 0 saturated carbocycles. The summed E-state index contributed by atoms with van der Waals surface area (Å²) in [4.78, 5) is 16.5. The lowest BCUT2D eigenvalue weighted by atomic mass is 10.2. The molecule has 1 aromatic carbocycles. The Morgan fingerprint density at radius 2 is 2.00 bits per heavy atom. The first kappa shape index (κ1) is 21.4. The van der Waals surface area contributed by atoms with Crippen LogP contribution in [-0.4, -0.2) is 87.5 Å². The maximum atomic E-state index is 13.4. The summed E-state index contributed by atoms with van der Waals surface area (Å²) in [6, 6.07) is 3.22. The third kappa shape index (κ3) is 4.49. The smallest absolute Gasteiger partial charge is 0.243 e. The van der Waals surface area contributed by atoms with Crippen molar-refractivity contribution in [2.24, 2.45) is 0 Å². The Hall–Kier alpha value is -1.26. The number of hydrogen-bond acceptors (Lipinski definition) is 5. The fourth-order valence-electron chi connectivity index (χ4n) is 3.74. The molecule has 0 radical (unpaired) electrons. The zero-order valence-corrected chi connectivity index (χ0v) is 17.4. The molecule has 0 bridgehead atoms. The predicted molar refractivity (Wildman–Crippen MR) is 103 cm³/mol. The lowest BCUT2D eigenvalue weighted by Crippen LogP contribution is -2.44. The summed E-state index contributed by atoms with van der Waals surface area (Å²) < 4.78 is 45.6. The Labute approximate surface area is 170 Å². The minimum atomic E-state index is -3.76. The summed E-state index contributed by atoms with van der Waals surface area (Å²) >= 11 is 5.75. The van der Waals surface area contributed by atoms with Crippen LogP contribution in [0.15, 0.2) is 23.1 Å². The van der Waals surface area contributed by atoms with Crippen LogP contribution in [0.4, 0.5) is 4.39 Å². The van der Waals surface area contributed by atoms with Crippen molar-refractivity contribution in [1.82, 2.24) is 14.1 Å². The molecule has 2 fully saturated rings. The molecule has 28 heavy (non-hydrogen) atoms. The number of rotatable bonds is 6. The van der Waals surface area contributed by atoms with Gasteiger partial charge in [-0.25, -0.2) is 12.8 Å². The number of sulfonamides is 1. The second-order valence-corrected chi connectivity index (χ2v) is 9.34. The Bertz CT molecular complexity index is 823. The fourth-order valence-corrected chi connectivity index (χ4v) is 5.48. The first-order valence-corrected chi connectivity index (χ1v) is 11.1. The largest absolute Gasteiger partial charge is 0.383 e. The number of nitrogens with zero attached hydrogens (tertiary/aromatic N) is 3. The molecule has 1 aromatic rings. The van der Waals surface area contributed by atoms with Crippen LogP contribution in [0, 0.1) is 5.82 Å². The summed E-state index contributed by atoms with van der Waals surface area (Å²) in [5, 5.41) is -0.217. The standard InChI is InChI=1S/C18H25ClFN3O4S/c1-27-12-11-22-8-5-17(18(22)24)21-6-2-7-23(10-9-21)28(25,26)14-3-4-16(20)15(19)13-14/h3-4,13,17H,2,5-12H2,1H3/t17-/m0/s1. The Balaban J connectivity index is 1.66. The number of methoxy groups -OCH3 is 1. The molecule has 2 heterocycles. The van der Waals surface area contributed by atoms with Crippen molar-refractivity contribution in [2.75, 3.05) is 53.0 Å². The van der Waals surface area contributed by atoms with Gasteiger partial charge in [0, 0.05) is 46.4 Å². The molecule has 2 aliphatic heterocycles. The maximum absolute atomic E-state index is 13.4. The van der Waals surface area contributed by atoms with Gasteiger partial charge in [-0.1, -0.05) is 11.6 Å². The Kier molecular flexibility index (Phi) is 6.93. The molecule has 156 valence electrons.